The Hall–Kier alpha value is -3.42. The summed E-state index contributed by atoms with van der Waals surface area (Å²) in [5.41, 5.74) is 3.20. The van der Waals surface area contributed by atoms with E-state index in [1.807, 2.05) is 51.1 Å². The minimum atomic E-state index is -0.105. The van der Waals surface area contributed by atoms with Crippen LogP contribution < -0.4 is 15.5 Å². The van der Waals surface area contributed by atoms with E-state index in [0.717, 1.165) is 53.2 Å². The Bertz CT molecular complexity index is 1020. The number of nitrogens with one attached hydrogen (secondary N) is 2. The molecule has 1 fully saturated rings. The second-order valence-corrected chi connectivity index (χ2v) is 7.58. The van der Waals surface area contributed by atoms with Crippen molar-refractivity contribution in [3.05, 3.63) is 53.2 Å². The molecule has 1 aliphatic heterocycles. The van der Waals surface area contributed by atoms with E-state index in [2.05, 4.69) is 30.7 Å². The van der Waals surface area contributed by atoms with E-state index < -0.39 is 0 Å². The van der Waals surface area contributed by atoms with Crippen molar-refractivity contribution in [2.75, 3.05) is 28.6 Å². The second kappa shape index (κ2) is 8.52. The molecular weight excluding hydrogens is 380 g/mol. The molecule has 0 saturated carbocycles. The van der Waals surface area contributed by atoms with Crippen molar-refractivity contribution in [3.8, 4) is 0 Å². The van der Waals surface area contributed by atoms with Gasteiger partial charge in [-0.15, -0.1) is 0 Å². The Kier molecular flexibility index (Phi) is 5.65. The van der Waals surface area contributed by atoms with E-state index in [4.69, 9.17) is 4.52 Å². The number of hydrogen-bond acceptors (Lipinski definition) is 7. The first-order chi connectivity index (χ1) is 14.5. The molecular formula is C22H26N6O2. The van der Waals surface area contributed by atoms with Gasteiger partial charge in [-0.3, -0.25) is 4.79 Å². The summed E-state index contributed by atoms with van der Waals surface area (Å²) in [4.78, 5) is 23.7. The van der Waals surface area contributed by atoms with Crippen molar-refractivity contribution in [2.45, 2.75) is 40.0 Å². The van der Waals surface area contributed by atoms with Gasteiger partial charge in [-0.25, -0.2) is 9.97 Å². The zero-order chi connectivity index (χ0) is 21.1. The summed E-state index contributed by atoms with van der Waals surface area (Å²) in [6, 6.07) is 9.54. The molecule has 0 bridgehead atoms. The first-order valence-corrected chi connectivity index (χ1v) is 10.2. The highest BCUT2D eigenvalue weighted by molar-refractivity contribution is 5.92. The van der Waals surface area contributed by atoms with Gasteiger partial charge in [-0.2, -0.15) is 0 Å². The molecule has 0 aliphatic carbocycles. The third-order valence-corrected chi connectivity index (χ3v) is 5.21. The summed E-state index contributed by atoms with van der Waals surface area (Å²) < 4.78 is 5.12. The quantitative estimate of drug-likeness (QED) is 0.640. The summed E-state index contributed by atoms with van der Waals surface area (Å²) in [6.45, 7) is 7.63. The highest BCUT2D eigenvalue weighted by Crippen LogP contribution is 2.24. The highest BCUT2D eigenvalue weighted by Gasteiger charge is 2.16. The summed E-state index contributed by atoms with van der Waals surface area (Å²) >= 11 is 0. The number of anilines is 4. The van der Waals surface area contributed by atoms with Crippen molar-refractivity contribution in [1.82, 2.24) is 15.1 Å². The van der Waals surface area contributed by atoms with Gasteiger partial charge in [-0.05, 0) is 57.9 Å². The first kappa shape index (κ1) is 19.9. The Labute approximate surface area is 175 Å². The van der Waals surface area contributed by atoms with E-state index in [1.165, 1.54) is 12.8 Å². The van der Waals surface area contributed by atoms with Crippen LogP contribution in [0.2, 0.25) is 0 Å². The van der Waals surface area contributed by atoms with Crippen LogP contribution in [-0.2, 0) is 11.2 Å². The van der Waals surface area contributed by atoms with Gasteiger partial charge in [0.25, 0.3) is 0 Å². The van der Waals surface area contributed by atoms with Gasteiger partial charge >= 0.3 is 0 Å². The number of hydrogen-bond donors (Lipinski definition) is 2. The van der Waals surface area contributed by atoms with Crippen LogP contribution in [0.25, 0.3) is 0 Å². The van der Waals surface area contributed by atoms with Crippen molar-refractivity contribution >= 4 is 28.9 Å². The Morgan fingerprint density at radius 2 is 1.77 bits per heavy atom. The third-order valence-electron chi connectivity index (χ3n) is 5.21. The Balaban J connectivity index is 1.39. The molecule has 1 aromatic carbocycles. The average Bonchev–Trinajstić information content (AvgIpc) is 3.35. The normalized spacial score (nSPS) is 13.5. The molecule has 0 spiro atoms. The van der Waals surface area contributed by atoms with Crippen molar-refractivity contribution in [3.63, 3.8) is 0 Å². The lowest BCUT2D eigenvalue weighted by Crippen LogP contribution is -2.19. The van der Waals surface area contributed by atoms with E-state index in [9.17, 15) is 4.79 Å². The van der Waals surface area contributed by atoms with E-state index in [0.29, 0.717) is 5.76 Å². The Morgan fingerprint density at radius 3 is 2.43 bits per heavy atom. The number of nitrogens with zero attached hydrogens (tertiary/aromatic N) is 4. The maximum absolute atomic E-state index is 12.3. The molecule has 4 rings (SSSR count). The predicted octanol–water partition coefficient (Wildman–Crippen LogP) is 3.91. The molecule has 0 atom stereocenters. The van der Waals surface area contributed by atoms with Crippen LogP contribution in [0.15, 0.2) is 34.9 Å². The topological polar surface area (TPSA) is 96.2 Å². The summed E-state index contributed by atoms with van der Waals surface area (Å²) in [5.74, 6) is 3.04. The fourth-order valence-electron chi connectivity index (χ4n) is 3.63. The zero-order valence-corrected chi connectivity index (χ0v) is 17.5. The first-order valence-electron chi connectivity index (χ1n) is 10.2. The van der Waals surface area contributed by atoms with Gasteiger partial charge in [0, 0.05) is 36.1 Å². The number of rotatable bonds is 6. The van der Waals surface area contributed by atoms with Gasteiger partial charge in [0.1, 0.15) is 23.2 Å². The minimum absolute atomic E-state index is 0.105. The van der Waals surface area contributed by atoms with E-state index in [-0.39, 0.29) is 12.3 Å². The number of carbonyl (C=O) groups is 1. The third kappa shape index (κ3) is 4.59. The highest BCUT2D eigenvalue weighted by atomic mass is 16.5. The van der Waals surface area contributed by atoms with Crippen molar-refractivity contribution in [2.24, 2.45) is 0 Å². The van der Waals surface area contributed by atoms with Crippen LogP contribution in [0, 0.1) is 20.8 Å². The van der Waals surface area contributed by atoms with Gasteiger partial charge in [-0.1, -0.05) is 5.16 Å². The lowest BCUT2D eigenvalue weighted by molar-refractivity contribution is -0.115. The number of benzene rings is 1. The lowest BCUT2D eigenvalue weighted by Gasteiger charge is -2.18. The summed E-state index contributed by atoms with van der Waals surface area (Å²) in [5, 5.41) is 10.1. The molecule has 30 heavy (non-hydrogen) atoms. The summed E-state index contributed by atoms with van der Waals surface area (Å²) in [7, 11) is 0. The van der Waals surface area contributed by atoms with Crippen LogP contribution in [0.1, 0.15) is 35.7 Å². The molecule has 1 amide bonds. The molecule has 1 saturated heterocycles. The van der Waals surface area contributed by atoms with Gasteiger partial charge < -0.3 is 20.1 Å². The van der Waals surface area contributed by atoms with Gasteiger partial charge in [0.05, 0.1) is 12.1 Å². The molecule has 8 heteroatoms. The molecule has 2 aromatic heterocycles. The van der Waals surface area contributed by atoms with E-state index >= 15 is 0 Å². The fraction of sp³-hybridized carbons (Fsp3) is 0.364. The van der Waals surface area contributed by atoms with Crippen LogP contribution in [0.5, 0.6) is 0 Å². The summed E-state index contributed by atoms with van der Waals surface area (Å²) in [6.07, 6.45) is 2.64. The lowest BCUT2D eigenvalue weighted by atomic mass is 10.1. The molecule has 0 unspecified atom stereocenters. The fourth-order valence-corrected chi connectivity index (χ4v) is 3.63. The number of carbonyl (C=O) groups excluding carboxylic acids is 1. The Morgan fingerprint density at radius 1 is 1.07 bits per heavy atom. The van der Waals surface area contributed by atoms with Crippen LogP contribution >= 0.6 is 0 Å². The minimum Gasteiger partial charge on any atom is -0.361 e. The standard InChI is InChI=1S/C22H26N6O2/c1-14-19(15(2)30-27-14)12-22(29)26-18-8-6-17(7-9-18)25-20-13-21(24-16(3)23-20)28-10-4-5-11-28/h6-9,13H,4-5,10-12H2,1-3H3,(H,26,29)(H,23,24,25). The second-order valence-electron chi connectivity index (χ2n) is 7.58. The largest absolute Gasteiger partial charge is 0.361 e. The average molecular weight is 406 g/mol. The molecule has 8 nitrogen and oxygen atoms in total. The molecule has 156 valence electrons. The maximum Gasteiger partial charge on any atom is 0.228 e. The molecule has 0 radical (unpaired) electrons. The molecule has 2 N–H and O–H groups in total. The van der Waals surface area contributed by atoms with Crippen LogP contribution in [0.3, 0.4) is 0 Å². The van der Waals surface area contributed by atoms with Crippen molar-refractivity contribution in [1.29, 1.82) is 0 Å². The molecule has 3 heterocycles. The van der Waals surface area contributed by atoms with Gasteiger partial charge in [0.2, 0.25) is 5.91 Å². The molecule has 1 aliphatic rings. The van der Waals surface area contributed by atoms with Crippen LogP contribution in [-0.4, -0.2) is 34.1 Å². The van der Waals surface area contributed by atoms with Crippen molar-refractivity contribution < 1.29 is 9.32 Å². The predicted molar refractivity (Wildman–Crippen MR) is 116 cm³/mol. The smallest absolute Gasteiger partial charge is 0.228 e. The monoisotopic (exact) mass is 406 g/mol. The zero-order valence-electron chi connectivity index (χ0n) is 17.5. The number of amides is 1. The van der Waals surface area contributed by atoms with E-state index in [1.54, 1.807) is 0 Å². The molecule has 3 aromatic rings. The SMILES string of the molecule is Cc1nc(Nc2ccc(NC(=O)Cc3c(C)noc3C)cc2)cc(N2CCCC2)n1. The maximum atomic E-state index is 12.3. The number of aromatic nitrogens is 3. The number of aryl methyl sites for hydroxylation is 3. The van der Waals surface area contributed by atoms with Crippen LogP contribution in [0.4, 0.5) is 23.0 Å². The van der Waals surface area contributed by atoms with Gasteiger partial charge in [0.15, 0.2) is 0 Å².